The Balaban J connectivity index is 1.72. The highest BCUT2D eigenvalue weighted by atomic mass is 16.1. The molecule has 1 N–H and O–H groups in total. The van der Waals surface area contributed by atoms with Gasteiger partial charge in [0.2, 0.25) is 0 Å². The van der Waals surface area contributed by atoms with Gasteiger partial charge >= 0.3 is 5.69 Å². The van der Waals surface area contributed by atoms with E-state index in [1.165, 1.54) is 25.9 Å². The minimum absolute atomic E-state index is 0.00595. The lowest BCUT2D eigenvalue weighted by atomic mass is 10.4. The van der Waals surface area contributed by atoms with Gasteiger partial charge in [0.1, 0.15) is 0 Å². The van der Waals surface area contributed by atoms with Gasteiger partial charge in [0.05, 0.1) is 0 Å². The highest BCUT2D eigenvalue weighted by molar-refractivity contribution is 4.76. The molecule has 0 aromatic carbocycles. The Kier molecular flexibility index (Phi) is 3.03. The van der Waals surface area contributed by atoms with Crippen LogP contribution in [0.2, 0.25) is 0 Å². The molecule has 78 valence electrons. The topological polar surface area (TPSA) is 41.0 Å². The van der Waals surface area contributed by atoms with Crippen molar-refractivity contribution in [2.24, 2.45) is 0 Å². The average molecular weight is 195 g/mol. The highest BCUT2D eigenvalue weighted by Crippen LogP contribution is 2.07. The number of imidazole rings is 1. The number of hydrogen-bond acceptors (Lipinski definition) is 2. The van der Waals surface area contributed by atoms with Crippen molar-refractivity contribution in [2.75, 3.05) is 19.6 Å². The minimum atomic E-state index is 0.00595. The molecule has 1 saturated heterocycles. The first kappa shape index (κ1) is 9.52. The number of aromatic amines is 1. The van der Waals surface area contributed by atoms with Crippen molar-refractivity contribution in [1.29, 1.82) is 0 Å². The molecule has 0 atom stereocenters. The van der Waals surface area contributed by atoms with Crippen LogP contribution < -0.4 is 5.69 Å². The molecule has 0 unspecified atom stereocenters. The van der Waals surface area contributed by atoms with Crippen molar-refractivity contribution in [3.63, 3.8) is 0 Å². The molecule has 0 bridgehead atoms. The summed E-state index contributed by atoms with van der Waals surface area (Å²) in [4.78, 5) is 16.3. The molecule has 2 rings (SSSR count). The normalized spacial score (nSPS) is 17.7. The van der Waals surface area contributed by atoms with Crippen LogP contribution >= 0.6 is 0 Å². The molecule has 1 fully saturated rings. The van der Waals surface area contributed by atoms with Gasteiger partial charge in [0.15, 0.2) is 0 Å². The fraction of sp³-hybridized carbons (Fsp3) is 0.700. The number of H-pyrrole nitrogens is 1. The summed E-state index contributed by atoms with van der Waals surface area (Å²) in [5.41, 5.74) is 0.00595. The number of aromatic nitrogens is 2. The van der Waals surface area contributed by atoms with Crippen LogP contribution in [0.15, 0.2) is 17.2 Å². The van der Waals surface area contributed by atoms with E-state index in [1.54, 1.807) is 10.8 Å². The number of likely N-dealkylation sites (tertiary alicyclic amines) is 1. The lowest BCUT2D eigenvalue weighted by Crippen LogP contribution is -2.23. The smallest absolute Gasteiger partial charge is 0.313 e. The molecule has 0 saturated carbocycles. The van der Waals surface area contributed by atoms with Gasteiger partial charge in [-0.15, -0.1) is 0 Å². The van der Waals surface area contributed by atoms with Crippen LogP contribution in [0.5, 0.6) is 0 Å². The van der Waals surface area contributed by atoms with Crippen molar-refractivity contribution < 1.29 is 0 Å². The fourth-order valence-electron chi connectivity index (χ4n) is 2.00. The average Bonchev–Trinajstić information content (AvgIpc) is 2.78. The van der Waals surface area contributed by atoms with Gasteiger partial charge in [0, 0.05) is 18.9 Å². The van der Waals surface area contributed by atoms with Gasteiger partial charge in [-0.25, -0.2) is 4.79 Å². The number of nitrogens with zero attached hydrogens (tertiary/aromatic N) is 2. The van der Waals surface area contributed by atoms with E-state index in [-0.39, 0.29) is 5.69 Å². The molecule has 4 nitrogen and oxygen atoms in total. The summed E-state index contributed by atoms with van der Waals surface area (Å²) in [6.07, 6.45) is 7.25. The van der Waals surface area contributed by atoms with Crippen LogP contribution in [0.4, 0.5) is 0 Å². The second kappa shape index (κ2) is 4.46. The summed E-state index contributed by atoms with van der Waals surface area (Å²) < 4.78 is 1.73. The van der Waals surface area contributed by atoms with E-state index in [9.17, 15) is 4.79 Å². The van der Waals surface area contributed by atoms with Gasteiger partial charge < -0.3 is 9.88 Å². The van der Waals surface area contributed by atoms with E-state index in [0.29, 0.717) is 0 Å². The fourth-order valence-corrected chi connectivity index (χ4v) is 2.00. The summed E-state index contributed by atoms with van der Waals surface area (Å²) in [6.45, 7) is 4.43. The lowest BCUT2D eigenvalue weighted by molar-refractivity contribution is 0.324. The molecule has 0 spiro atoms. The third-order valence-corrected chi connectivity index (χ3v) is 2.79. The summed E-state index contributed by atoms with van der Waals surface area (Å²) in [7, 11) is 0. The Morgan fingerprint density at radius 3 is 2.71 bits per heavy atom. The summed E-state index contributed by atoms with van der Waals surface area (Å²) in [6, 6.07) is 0. The molecule has 1 aromatic rings. The molecule has 1 aliphatic heterocycles. The number of aryl methyl sites for hydroxylation is 1. The van der Waals surface area contributed by atoms with Crippen molar-refractivity contribution in [3.8, 4) is 0 Å². The Bertz CT molecular complexity index is 322. The Morgan fingerprint density at radius 2 is 2.07 bits per heavy atom. The monoisotopic (exact) mass is 195 g/mol. The molecule has 1 aliphatic rings. The summed E-state index contributed by atoms with van der Waals surface area (Å²) in [5.74, 6) is 0. The van der Waals surface area contributed by atoms with E-state index in [0.717, 1.165) is 19.5 Å². The van der Waals surface area contributed by atoms with Gasteiger partial charge in [-0.3, -0.25) is 4.57 Å². The van der Waals surface area contributed by atoms with Gasteiger partial charge in [-0.05, 0) is 38.9 Å². The maximum absolute atomic E-state index is 11.1. The van der Waals surface area contributed by atoms with E-state index in [1.807, 2.05) is 6.20 Å². The second-order valence-electron chi connectivity index (χ2n) is 3.86. The van der Waals surface area contributed by atoms with Crippen molar-refractivity contribution in [3.05, 3.63) is 22.9 Å². The van der Waals surface area contributed by atoms with Crippen molar-refractivity contribution in [2.45, 2.75) is 25.8 Å². The molecule has 0 aliphatic carbocycles. The largest absolute Gasteiger partial charge is 0.325 e. The molecule has 0 radical (unpaired) electrons. The maximum Gasteiger partial charge on any atom is 0.325 e. The maximum atomic E-state index is 11.1. The Hall–Kier alpha value is -1.03. The Labute approximate surface area is 83.5 Å². The van der Waals surface area contributed by atoms with Crippen LogP contribution in [-0.2, 0) is 6.54 Å². The SMILES string of the molecule is O=c1[nH]ccn1CCCN1CCCC1. The predicted octanol–water partition coefficient (Wildman–Crippen LogP) is 0.662. The summed E-state index contributed by atoms with van der Waals surface area (Å²) >= 11 is 0. The molecule has 0 amide bonds. The second-order valence-corrected chi connectivity index (χ2v) is 3.86. The van der Waals surface area contributed by atoms with E-state index in [2.05, 4.69) is 9.88 Å². The quantitative estimate of drug-likeness (QED) is 0.767. The number of hydrogen-bond donors (Lipinski definition) is 1. The van der Waals surface area contributed by atoms with Crippen LogP contribution in [0.25, 0.3) is 0 Å². The lowest BCUT2D eigenvalue weighted by Gasteiger charge is -2.13. The molecule has 14 heavy (non-hydrogen) atoms. The highest BCUT2D eigenvalue weighted by Gasteiger charge is 2.10. The number of rotatable bonds is 4. The van der Waals surface area contributed by atoms with Crippen LogP contribution in [0.1, 0.15) is 19.3 Å². The Morgan fingerprint density at radius 1 is 1.29 bits per heavy atom. The molecular formula is C10H17N3O. The standard InChI is InChI=1S/C10H17N3O/c14-10-11-4-9-13(10)8-3-7-12-5-1-2-6-12/h4,9H,1-3,5-8H2,(H,11,14). The van der Waals surface area contributed by atoms with E-state index in [4.69, 9.17) is 0 Å². The molecule has 2 heterocycles. The van der Waals surface area contributed by atoms with Gasteiger partial charge in [0.25, 0.3) is 0 Å². The first-order chi connectivity index (χ1) is 6.86. The van der Waals surface area contributed by atoms with Crippen LogP contribution in [-0.4, -0.2) is 34.1 Å². The van der Waals surface area contributed by atoms with Gasteiger partial charge in [-0.1, -0.05) is 0 Å². The van der Waals surface area contributed by atoms with E-state index < -0.39 is 0 Å². The van der Waals surface area contributed by atoms with Gasteiger partial charge in [-0.2, -0.15) is 0 Å². The van der Waals surface area contributed by atoms with Crippen LogP contribution in [0, 0.1) is 0 Å². The predicted molar refractivity (Wildman–Crippen MR) is 55.3 cm³/mol. The third-order valence-electron chi connectivity index (χ3n) is 2.79. The number of nitrogens with one attached hydrogen (secondary N) is 1. The van der Waals surface area contributed by atoms with E-state index >= 15 is 0 Å². The first-order valence-corrected chi connectivity index (χ1v) is 5.32. The van der Waals surface area contributed by atoms with Crippen LogP contribution in [0.3, 0.4) is 0 Å². The van der Waals surface area contributed by atoms with Crippen molar-refractivity contribution in [1.82, 2.24) is 14.5 Å². The summed E-state index contributed by atoms with van der Waals surface area (Å²) in [5, 5.41) is 0. The molecular weight excluding hydrogens is 178 g/mol. The molecule has 1 aromatic heterocycles. The zero-order valence-corrected chi connectivity index (χ0v) is 8.41. The van der Waals surface area contributed by atoms with Crippen molar-refractivity contribution >= 4 is 0 Å². The zero-order chi connectivity index (χ0) is 9.80. The molecule has 4 heteroatoms. The first-order valence-electron chi connectivity index (χ1n) is 5.32. The zero-order valence-electron chi connectivity index (χ0n) is 8.41. The third kappa shape index (κ3) is 2.26. The minimum Gasteiger partial charge on any atom is -0.313 e.